The van der Waals surface area contributed by atoms with E-state index >= 15 is 0 Å². The molecule has 9 nitrogen and oxygen atoms in total. The largest absolute Gasteiger partial charge is 0.368 e. The Morgan fingerprint density at radius 1 is 1.04 bits per heavy atom. The average molecular weight is 405 g/mol. The maximum atomic E-state index is 12.9. The first-order valence-corrected chi connectivity index (χ1v) is 8.89. The summed E-state index contributed by atoms with van der Waals surface area (Å²) in [6, 6.07) is 9.38. The van der Waals surface area contributed by atoms with Crippen molar-refractivity contribution in [1.82, 2.24) is 4.90 Å². The molecule has 1 amide bonds. The first-order valence-electron chi connectivity index (χ1n) is 8.51. The number of halogens is 1. The molecule has 1 fully saturated rings. The molecule has 0 atom stereocenters. The number of rotatable bonds is 4. The van der Waals surface area contributed by atoms with E-state index in [9.17, 15) is 25.0 Å². The third kappa shape index (κ3) is 3.89. The number of piperazine rings is 1. The van der Waals surface area contributed by atoms with Gasteiger partial charge in [0.05, 0.1) is 21.5 Å². The molecule has 2 aromatic carbocycles. The Morgan fingerprint density at radius 3 is 2.29 bits per heavy atom. The molecule has 0 aromatic heterocycles. The standard InChI is InChI=1S/C18H17ClN4O5/c1-12-16(10-15(22(25)26)11-17(12)23(27)28)18(24)21-7-5-20(6-8-21)14-4-2-3-13(19)9-14/h2-4,9-11H,5-8H2,1H3. The number of carbonyl (C=O) groups is 1. The van der Waals surface area contributed by atoms with Crippen molar-refractivity contribution in [2.24, 2.45) is 0 Å². The second-order valence-electron chi connectivity index (χ2n) is 6.41. The van der Waals surface area contributed by atoms with Gasteiger partial charge in [0.1, 0.15) is 0 Å². The molecule has 0 bridgehead atoms. The lowest BCUT2D eigenvalue weighted by molar-refractivity contribution is -0.394. The molecular formula is C18H17ClN4O5. The van der Waals surface area contributed by atoms with Crippen LogP contribution >= 0.6 is 11.6 Å². The quantitative estimate of drug-likeness (QED) is 0.570. The van der Waals surface area contributed by atoms with Crippen LogP contribution in [0.5, 0.6) is 0 Å². The van der Waals surface area contributed by atoms with Crippen molar-refractivity contribution < 1.29 is 14.6 Å². The Morgan fingerprint density at radius 2 is 1.71 bits per heavy atom. The van der Waals surface area contributed by atoms with Crippen molar-refractivity contribution in [1.29, 1.82) is 0 Å². The van der Waals surface area contributed by atoms with E-state index in [1.54, 1.807) is 11.0 Å². The van der Waals surface area contributed by atoms with Gasteiger partial charge in [-0.3, -0.25) is 25.0 Å². The van der Waals surface area contributed by atoms with Gasteiger partial charge in [0.2, 0.25) is 0 Å². The van der Waals surface area contributed by atoms with E-state index < -0.39 is 27.1 Å². The molecule has 0 radical (unpaired) electrons. The van der Waals surface area contributed by atoms with Gasteiger partial charge >= 0.3 is 0 Å². The Bertz CT molecular complexity index is 957. The van der Waals surface area contributed by atoms with Crippen LogP contribution in [0.3, 0.4) is 0 Å². The van der Waals surface area contributed by atoms with E-state index in [0.717, 1.165) is 17.8 Å². The third-order valence-corrected chi connectivity index (χ3v) is 4.98. The smallest absolute Gasteiger partial charge is 0.279 e. The summed E-state index contributed by atoms with van der Waals surface area (Å²) in [7, 11) is 0. The van der Waals surface area contributed by atoms with E-state index in [-0.39, 0.29) is 11.1 Å². The van der Waals surface area contributed by atoms with Gasteiger partial charge in [0, 0.05) is 48.5 Å². The lowest BCUT2D eigenvalue weighted by atomic mass is 10.0. The summed E-state index contributed by atoms with van der Waals surface area (Å²) in [6.45, 7) is 3.32. The molecule has 2 aromatic rings. The predicted octanol–water partition coefficient (Wildman–Crippen LogP) is 3.43. The monoisotopic (exact) mass is 404 g/mol. The molecule has 3 rings (SSSR count). The van der Waals surface area contributed by atoms with Crippen molar-refractivity contribution in [3.05, 3.63) is 72.8 Å². The number of amides is 1. The molecule has 28 heavy (non-hydrogen) atoms. The molecule has 0 spiro atoms. The van der Waals surface area contributed by atoms with Gasteiger partial charge in [-0.2, -0.15) is 0 Å². The van der Waals surface area contributed by atoms with Crippen LogP contribution in [0.2, 0.25) is 5.02 Å². The maximum absolute atomic E-state index is 12.9. The minimum Gasteiger partial charge on any atom is -0.368 e. The molecule has 146 valence electrons. The molecule has 0 unspecified atom stereocenters. The normalized spacial score (nSPS) is 14.1. The van der Waals surface area contributed by atoms with Crippen LogP contribution in [0.1, 0.15) is 15.9 Å². The third-order valence-electron chi connectivity index (χ3n) is 4.74. The number of nitro groups is 2. The summed E-state index contributed by atoms with van der Waals surface area (Å²) in [5.74, 6) is -0.449. The molecular weight excluding hydrogens is 388 g/mol. The number of hydrogen-bond acceptors (Lipinski definition) is 6. The summed E-state index contributed by atoms with van der Waals surface area (Å²) in [5.41, 5.74) is 0.144. The average Bonchev–Trinajstić information content (AvgIpc) is 2.67. The number of nitrogens with zero attached hydrogens (tertiary/aromatic N) is 4. The second-order valence-corrected chi connectivity index (χ2v) is 6.85. The van der Waals surface area contributed by atoms with Crippen molar-refractivity contribution in [2.75, 3.05) is 31.1 Å². The zero-order valence-corrected chi connectivity index (χ0v) is 15.8. The summed E-state index contributed by atoms with van der Waals surface area (Å²) in [5, 5.41) is 22.9. The van der Waals surface area contributed by atoms with Crippen molar-refractivity contribution in [3.63, 3.8) is 0 Å². The lowest BCUT2D eigenvalue weighted by Crippen LogP contribution is -2.49. The minimum atomic E-state index is -0.736. The van der Waals surface area contributed by atoms with E-state index in [4.69, 9.17) is 11.6 Å². The van der Waals surface area contributed by atoms with E-state index in [0.29, 0.717) is 31.2 Å². The van der Waals surface area contributed by atoms with Crippen LogP contribution in [0.15, 0.2) is 36.4 Å². The highest BCUT2D eigenvalue weighted by Gasteiger charge is 2.29. The summed E-state index contributed by atoms with van der Waals surface area (Å²) >= 11 is 6.02. The Balaban J connectivity index is 1.82. The Hall–Kier alpha value is -3.20. The van der Waals surface area contributed by atoms with Crippen LogP contribution in [-0.2, 0) is 0 Å². The van der Waals surface area contributed by atoms with Crippen LogP contribution in [-0.4, -0.2) is 46.8 Å². The SMILES string of the molecule is Cc1c(C(=O)N2CCN(c3cccc(Cl)c3)CC2)cc([N+](=O)[O-])cc1[N+](=O)[O-]. The summed E-state index contributed by atoms with van der Waals surface area (Å²) in [6.07, 6.45) is 0. The predicted molar refractivity (Wildman–Crippen MR) is 104 cm³/mol. The van der Waals surface area contributed by atoms with Crippen LogP contribution in [0.4, 0.5) is 17.1 Å². The first kappa shape index (κ1) is 19.6. The fourth-order valence-electron chi connectivity index (χ4n) is 3.21. The number of anilines is 1. The van der Waals surface area contributed by atoms with Crippen molar-refractivity contribution >= 4 is 34.6 Å². The number of hydrogen-bond donors (Lipinski definition) is 0. The minimum absolute atomic E-state index is 0.0166. The van der Waals surface area contributed by atoms with Gasteiger partial charge < -0.3 is 9.80 Å². The van der Waals surface area contributed by atoms with Crippen LogP contribution in [0.25, 0.3) is 0 Å². The molecule has 0 N–H and O–H groups in total. The molecule has 10 heteroatoms. The van der Waals surface area contributed by atoms with Gasteiger partial charge in [-0.1, -0.05) is 17.7 Å². The number of nitro benzene ring substituents is 2. The van der Waals surface area contributed by atoms with Gasteiger partial charge in [-0.25, -0.2) is 0 Å². The van der Waals surface area contributed by atoms with Gasteiger partial charge in [0.25, 0.3) is 17.3 Å². The van der Waals surface area contributed by atoms with Gasteiger partial charge in [-0.15, -0.1) is 0 Å². The molecule has 1 saturated heterocycles. The topological polar surface area (TPSA) is 110 Å². The Kier molecular flexibility index (Phi) is 5.46. The molecule has 1 aliphatic rings. The molecule has 1 aliphatic heterocycles. The fourth-order valence-corrected chi connectivity index (χ4v) is 3.40. The summed E-state index contributed by atoms with van der Waals surface area (Å²) in [4.78, 5) is 37.4. The number of carbonyl (C=O) groups excluding carboxylic acids is 1. The highest BCUT2D eigenvalue weighted by molar-refractivity contribution is 6.30. The summed E-state index contributed by atoms with van der Waals surface area (Å²) < 4.78 is 0. The van der Waals surface area contributed by atoms with Crippen molar-refractivity contribution in [2.45, 2.75) is 6.92 Å². The van der Waals surface area contributed by atoms with Crippen LogP contribution in [0, 0.1) is 27.2 Å². The lowest BCUT2D eigenvalue weighted by Gasteiger charge is -2.36. The maximum Gasteiger partial charge on any atom is 0.279 e. The first-order chi connectivity index (χ1) is 13.3. The van der Waals surface area contributed by atoms with Gasteiger partial charge in [-0.05, 0) is 25.1 Å². The molecule has 0 aliphatic carbocycles. The van der Waals surface area contributed by atoms with Gasteiger partial charge in [0.15, 0.2) is 0 Å². The molecule has 0 saturated carbocycles. The van der Waals surface area contributed by atoms with Crippen molar-refractivity contribution in [3.8, 4) is 0 Å². The number of non-ortho nitro benzene ring substituents is 1. The highest BCUT2D eigenvalue weighted by Crippen LogP contribution is 2.29. The number of benzene rings is 2. The fraction of sp³-hybridized carbons (Fsp3) is 0.278. The zero-order valence-electron chi connectivity index (χ0n) is 15.0. The Labute approximate surface area is 165 Å². The van der Waals surface area contributed by atoms with Crippen LogP contribution < -0.4 is 4.90 Å². The molecule has 1 heterocycles. The zero-order chi connectivity index (χ0) is 20.4. The van der Waals surface area contributed by atoms with E-state index in [1.807, 2.05) is 18.2 Å². The second kappa shape index (κ2) is 7.81. The highest BCUT2D eigenvalue weighted by atomic mass is 35.5. The van der Waals surface area contributed by atoms with E-state index in [1.165, 1.54) is 6.92 Å². The van der Waals surface area contributed by atoms with E-state index in [2.05, 4.69) is 4.90 Å².